The Morgan fingerprint density at radius 2 is 2.19 bits per heavy atom. The van der Waals surface area contributed by atoms with E-state index in [1.54, 1.807) is 6.20 Å². The quantitative estimate of drug-likeness (QED) is 0.895. The number of carbonyl (C=O) groups excluding carboxylic acids is 2. The molecule has 1 aliphatic rings. The fourth-order valence-corrected chi connectivity index (χ4v) is 2.75. The zero-order valence-electron chi connectivity index (χ0n) is 13.2. The largest absolute Gasteiger partial charge is 0.342 e. The van der Waals surface area contributed by atoms with Gasteiger partial charge in [-0.25, -0.2) is 0 Å². The maximum absolute atomic E-state index is 12.8. The van der Waals surface area contributed by atoms with E-state index in [4.69, 9.17) is 0 Å². The number of carbonyl (C=O) groups is 2. The van der Waals surface area contributed by atoms with Crippen LogP contribution in [0, 0.1) is 0 Å². The molecule has 0 aromatic carbocycles. The topological polar surface area (TPSA) is 67.2 Å². The summed E-state index contributed by atoms with van der Waals surface area (Å²) in [4.78, 5) is 26.6. The summed E-state index contributed by atoms with van der Waals surface area (Å²) in [6.45, 7) is 6.27. The number of amides is 2. The van der Waals surface area contributed by atoms with Gasteiger partial charge in [-0.05, 0) is 26.3 Å². The number of hydrogen-bond acceptors (Lipinski definition) is 3. The second-order valence-corrected chi connectivity index (χ2v) is 5.98. The fourth-order valence-electron chi connectivity index (χ4n) is 2.75. The van der Waals surface area contributed by atoms with Gasteiger partial charge in [0.05, 0.1) is 0 Å². The van der Waals surface area contributed by atoms with Gasteiger partial charge in [0, 0.05) is 44.4 Å². The minimum atomic E-state index is -0.797. The molecule has 0 radical (unpaired) electrons. The van der Waals surface area contributed by atoms with Gasteiger partial charge in [0.15, 0.2) is 0 Å². The molecule has 6 heteroatoms. The van der Waals surface area contributed by atoms with Crippen LogP contribution < -0.4 is 5.32 Å². The van der Waals surface area contributed by atoms with E-state index in [2.05, 4.69) is 10.4 Å². The molecule has 0 bridgehead atoms. The number of hydrogen-bond donors (Lipinski definition) is 1. The van der Waals surface area contributed by atoms with E-state index in [1.807, 2.05) is 43.5 Å². The highest BCUT2D eigenvalue weighted by Crippen LogP contribution is 2.21. The van der Waals surface area contributed by atoms with Crippen molar-refractivity contribution in [3.05, 3.63) is 18.0 Å². The molecule has 2 rings (SSSR count). The number of rotatable bonds is 4. The summed E-state index contributed by atoms with van der Waals surface area (Å²) in [6, 6.07) is 1.87. The lowest BCUT2D eigenvalue weighted by Crippen LogP contribution is -2.55. The molecule has 0 aliphatic carbocycles. The highest BCUT2D eigenvalue weighted by atomic mass is 16.2. The van der Waals surface area contributed by atoms with Crippen molar-refractivity contribution in [2.75, 3.05) is 6.54 Å². The molecule has 1 N–H and O–H groups in total. The Bertz CT molecular complexity index is 540. The first kappa shape index (κ1) is 15.5. The molecule has 1 fully saturated rings. The van der Waals surface area contributed by atoms with Gasteiger partial charge in [-0.3, -0.25) is 14.3 Å². The molecule has 1 aromatic rings. The van der Waals surface area contributed by atoms with E-state index < -0.39 is 5.54 Å². The van der Waals surface area contributed by atoms with Gasteiger partial charge in [-0.1, -0.05) is 6.92 Å². The average Bonchev–Trinajstić information content (AvgIpc) is 2.80. The standard InChI is InChI=1S/C15H24N4O2/c1-5-15(3)14(21)19(11(2)10-13(20)17-15)9-7-12-6-8-16-18(12)4/h6,8,11H,5,7,9-10H2,1-4H3,(H,17,20). The van der Waals surface area contributed by atoms with Crippen LogP contribution in [0.4, 0.5) is 0 Å². The SMILES string of the molecule is CCC1(C)NC(=O)CC(C)N(CCc2ccnn2C)C1=O. The van der Waals surface area contributed by atoms with Crippen LogP contribution in [-0.4, -0.2) is 44.6 Å². The third-order valence-electron chi connectivity index (χ3n) is 4.40. The van der Waals surface area contributed by atoms with E-state index in [1.165, 1.54) is 0 Å². The summed E-state index contributed by atoms with van der Waals surface area (Å²) in [5, 5.41) is 7.01. The Balaban J connectivity index is 2.16. The van der Waals surface area contributed by atoms with E-state index in [9.17, 15) is 9.59 Å². The minimum absolute atomic E-state index is 0.00511. The smallest absolute Gasteiger partial charge is 0.248 e. The average molecular weight is 292 g/mol. The van der Waals surface area contributed by atoms with Crippen LogP contribution in [0.2, 0.25) is 0 Å². The second kappa shape index (κ2) is 5.87. The maximum atomic E-state index is 12.8. The van der Waals surface area contributed by atoms with Gasteiger partial charge in [0.25, 0.3) is 0 Å². The Hall–Kier alpha value is -1.85. The molecule has 2 unspecified atom stereocenters. The minimum Gasteiger partial charge on any atom is -0.342 e. The maximum Gasteiger partial charge on any atom is 0.248 e. The summed E-state index contributed by atoms with van der Waals surface area (Å²) in [5.41, 5.74) is 0.283. The summed E-state index contributed by atoms with van der Waals surface area (Å²) < 4.78 is 1.81. The van der Waals surface area contributed by atoms with Gasteiger partial charge in [-0.15, -0.1) is 0 Å². The monoisotopic (exact) mass is 292 g/mol. The van der Waals surface area contributed by atoms with Gasteiger partial charge in [0.1, 0.15) is 5.54 Å². The van der Waals surface area contributed by atoms with Crippen LogP contribution in [0.15, 0.2) is 12.3 Å². The predicted molar refractivity (Wildman–Crippen MR) is 79.5 cm³/mol. The number of aryl methyl sites for hydroxylation is 1. The van der Waals surface area contributed by atoms with Gasteiger partial charge in [0.2, 0.25) is 11.8 Å². The Labute approximate surface area is 125 Å². The third-order valence-corrected chi connectivity index (χ3v) is 4.40. The van der Waals surface area contributed by atoms with E-state index in [0.29, 0.717) is 19.4 Å². The molecule has 2 amide bonds. The summed E-state index contributed by atoms with van der Waals surface area (Å²) >= 11 is 0. The van der Waals surface area contributed by atoms with E-state index >= 15 is 0 Å². The van der Waals surface area contributed by atoms with Gasteiger partial charge >= 0.3 is 0 Å². The van der Waals surface area contributed by atoms with Crippen molar-refractivity contribution in [2.24, 2.45) is 7.05 Å². The highest BCUT2D eigenvalue weighted by molar-refractivity contribution is 5.93. The van der Waals surface area contributed by atoms with Crippen LogP contribution >= 0.6 is 0 Å². The molecule has 6 nitrogen and oxygen atoms in total. The van der Waals surface area contributed by atoms with Crippen LogP contribution in [-0.2, 0) is 23.1 Å². The van der Waals surface area contributed by atoms with Crippen LogP contribution in [0.25, 0.3) is 0 Å². The predicted octanol–water partition coefficient (Wildman–Crippen LogP) is 0.868. The zero-order valence-corrected chi connectivity index (χ0v) is 13.2. The van der Waals surface area contributed by atoms with E-state index in [-0.39, 0.29) is 17.9 Å². The van der Waals surface area contributed by atoms with Crippen LogP contribution in [0.1, 0.15) is 39.3 Å². The lowest BCUT2D eigenvalue weighted by atomic mass is 9.97. The first-order valence-electron chi connectivity index (χ1n) is 7.46. The molecular formula is C15H24N4O2. The fraction of sp³-hybridized carbons (Fsp3) is 0.667. The molecule has 1 saturated heterocycles. The molecule has 2 heterocycles. The number of nitrogens with one attached hydrogen (secondary N) is 1. The van der Waals surface area contributed by atoms with Crippen molar-refractivity contribution in [1.29, 1.82) is 0 Å². The summed E-state index contributed by atoms with van der Waals surface area (Å²) in [5.74, 6) is -0.0475. The molecule has 0 spiro atoms. The van der Waals surface area contributed by atoms with Crippen molar-refractivity contribution in [2.45, 2.75) is 51.6 Å². The van der Waals surface area contributed by atoms with E-state index in [0.717, 1.165) is 12.1 Å². The molecular weight excluding hydrogens is 268 g/mol. The molecule has 0 saturated carbocycles. The molecule has 116 valence electrons. The lowest BCUT2D eigenvalue weighted by Gasteiger charge is -2.33. The molecule has 21 heavy (non-hydrogen) atoms. The first-order valence-corrected chi connectivity index (χ1v) is 7.46. The van der Waals surface area contributed by atoms with Gasteiger partial charge < -0.3 is 10.2 Å². The van der Waals surface area contributed by atoms with Crippen molar-refractivity contribution >= 4 is 11.8 Å². The van der Waals surface area contributed by atoms with Crippen LogP contribution in [0.5, 0.6) is 0 Å². The third kappa shape index (κ3) is 3.09. The molecule has 1 aromatic heterocycles. The Morgan fingerprint density at radius 3 is 2.76 bits per heavy atom. The first-order chi connectivity index (χ1) is 9.87. The van der Waals surface area contributed by atoms with Crippen molar-refractivity contribution in [1.82, 2.24) is 20.0 Å². The molecule has 1 aliphatic heterocycles. The zero-order chi connectivity index (χ0) is 15.6. The highest BCUT2D eigenvalue weighted by Gasteiger charge is 2.41. The Morgan fingerprint density at radius 1 is 1.48 bits per heavy atom. The summed E-state index contributed by atoms with van der Waals surface area (Å²) in [6.07, 6.45) is 3.43. The van der Waals surface area contributed by atoms with Crippen molar-refractivity contribution in [3.8, 4) is 0 Å². The van der Waals surface area contributed by atoms with Gasteiger partial charge in [-0.2, -0.15) is 5.10 Å². The van der Waals surface area contributed by atoms with Crippen molar-refractivity contribution < 1.29 is 9.59 Å². The van der Waals surface area contributed by atoms with Crippen LogP contribution in [0.3, 0.4) is 0 Å². The lowest BCUT2D eigenvalue weighted by molar-refractivity contribution is -0.139. The normalized spacial score (nSPS) is 26.7. The molecule has 2 atom stereocenters. The number of aromatic nitrogens is 2. The second-order valence-electron chi connectivity index (χ2n) is 5.98. The number of nitrogens with zero attached hydrogens (tertiary/aromatic N) is 3. The summed E-state index contributed by atoms with van der Waals surface area (Å²) in [7, 11) is 1.89. The Kier molecular flexibility index (Phi) is 4.34. The van der Waals surface area contributed by atoms with Crippen molar-refractivity contribution in [3.63, 3.8) is 0 Å².